The van der Waals surface area contributed by atoms with Crippen LogP contribution < -0.4 is 4.74 Å². The van der Waals surface area contributed by atoms with Crippen LogP contribution >= 0.6 is 0 Å². The van der Waals surface area contributed by atoms with Crippen molar-refractivity contribution in [3.63, 3.8) is 0 Å². The van der Waals surface area contributed by atoms with Crippen LogP contribution in [0.1, 0.15) is 51.5 Å². The van der Waals surface area contributed by atoms with E-state index in [4.69, 9.17) is 9.47 Å². The van der Waals surface area contributed by atoms with Crippen LogP contribution in [0, 0.1) is 5.92 Å². The van der Waals surface area contributed by atoms with Crippen molar-refractivity contribution < 1.29 is 14.3 Å². The zero-order chi connectivity index (χ0) is 17.5. The topological polar surface area (TPSA) is 38.8 Å². The highest BCUT2D eigenvalue weighted by Gasteiger charge is 2.22. The van der Waals surface area contributed by atoms with Crippen LogP contribution in [-0.4, -0.2) is 43.7 Å². The minimum absolute atomic E-state index is 0.0422. The summed E-state index contributed by atoms with van der Waals surface area (Å²) in [6, 6.07) is 7.97. The van der Waals surface area contributed by atoms with Gasteiger partial charge in [-0.1, -0.05) is 32.0 Å². The average molecular weight is 333 g/mol. The number of amides is 1. The lowest BCUT2D eigenvalue weighted by Crippen LogP contribution is -2.39. The molecule has 24 heavy (non-hydrogen) atoms. The van der Waals surface area contributed by atoms with Crippen molar-refractivity contribution >= 4 is 5.91 Å². The van der Waals surface area contributed by atoms with Gasteiger partial charge >= 0.3 is 0 Å². The average Bonchev–Trinajstić information content (AvgIpc) is 2.60. The Bertz CT molecular complexity index is 523. The second kappa shape index (κ2) is 9.07. The van der Waals surface area contributed by atoms with Gasteiger partial charge in [-0.3, -0.25) is 4.79 Å². The summed E-state index contributed by atoms with van der Waals surface area (Å²) in [5.41, 5.74) is 1.14. The first-order chi connectivity index (χ1) is 11.5. The fourth-order valence-corrected chi connectivity index (χ4v) is 3.14. The summed E-state index contributed by atoms with van der Waals surface area (Å²) in [4.78, 5) is 14.4. The molecule has 1 atom stereocenters. The summed E-state index contributed by atoms with van der Waals surface area (Å²) in [5.74, 6) is 1.90. The van der Waals surface area contributed by atoms with Crippen molar-refractivity contribution in [3.8, 4) is 5.75 Å². The number of benzene rings is 1. The molecule has 1 aliphatic rings. The fourth-order valence-electron chi connectivity index (χ4n) is 3.14. The van der Waals surface area contributed by atoms with Crippen LogP contribution in [0.2, 0.25) is 0 Å². The van der Waals surface area contributed by atoms with Gasteiger partial charge in [-0.15, -0.1) is 0 Å². The van der Waals surface area contributed by atoms with E-state index in [0.29, 0.717) is 11.8 Å². The highest BCUT2D eigenvalue weighted by atomic mass is 16.5. The molecule has 134 valence electrons. The van der Waals surface area contributed by atoms with Gasteiger partial charge in [-0.05, 0) is 49.7 Å². The van der Waals surface area contributed by atoms with Crippen molar-refractivity contribution in [2.75, 3.05) is 26.8 Å². The summed E-state index contributed by atoms with van der Waals surface area (Å²) in [5, 5.41) is 0. The summed E-state index contributed by atoms with van der Waals surface area (Å²) < 4.78 is 11.4. The third-order valence-corrected chi connectivity index (χ3v) is 4.78. The number of carbonyl (C=O) groups excluding carboxylic acids is 1. The van der Waals surface area contributed by atoms with Gasteiger partial charge in [0.25, 0.3) is 5.91 Å². The molecule has 4 nitrogen and oxygen atoms in total. The van der Waals surface area contributed by atoms with E-state index in [-0.39, 0.29) is 5.91 Å². The standard InChI is InChI=1S/C20H31NO3/c1-15(2)18-7-5-6-8-19(18)24-16(3)20(22)21(4)12-9-17-10-13-23-14-11-17/h5-8,15-17H,9-14H2,1-4H3. The first-order valence-electron chi connectivity index (χ1n) is 9.07. The molecule has 0 N–H and O–H groups in total. The third kappa shape index (κ3) is 5.23. The first-order valence-corrected chi connectivity index (χ1v) is 9.07. The van der Waals surface area contributed by atoms with Crippen LogP contribution in [0.5, 0.6) is 5.75 Å². The lowest BCUT2D eigenvalue weighted by Gasteiger charge is -2.27. The molecule has 1 unspecified atom stereocenters. The molecule has 0 radical (unpaired) electrons. The SMILES string of the molecule is CC(Oc1ccccc1C(C)C)C(=O)N(C)CCC1CCOCC1. The molecule has 0 spiro atoms. The zero-order valence-electron chi connectivity index (χ0n) is 15.5. The van der Waals surface area contributed by atoms with Crippen molar-refractivity contribution in [2.45, 2.75) is 52.1 Å². The number of likely N-dealkylation sites (N-methyl/N-ethyl adjacent to an activating group) is 1. The molecule has 2 rings (SSSR count). The molecule has 0 aliphatic carbocycles. The third-order valence-electron chi connectivity index (χ3n) is 4.78. The second-order valence-corrected chi connectivity index (χ2v) is 7.06. The summed E-state index contributed by atoms with van der Waals surface area (Å²) >= 11 is 0. The van der Waals surface area contributed by atoms with Crippen LogP contribution in [0.3, 0.4) is 0 Å². The predicted molar refractivity (Wildman–Crippen MR) is 96.4 cm³/mol. The van der Waals surface area contributed by atoms with E-state index in [1.165, 1.54) is 0 Å². The largest absolute Gasteiger partial charge is 0.481 e. The molecule has 1 aromatic rings. The minimum atomic E-state index is -0.468. The quantitative estimate of drug-likeness (QED) is 0.761. The van der Waals surface area contributed by atoms with E-state index in [9.17, 15) is 4.79 Å². The number of ether oxygens (including phenoxy) is 2. The van der Waals surface area contributed by atoms with Gasteiger partial charge in [0, 0.05) is 26.8 Å². The van der Waals surface area contributed by atoms with Gasteiger partial charge in [0.15, 0.2) is 6.10 Å². The fraction of sp³-hybridized carbons (Fsp3) is 0.650. The second-order valence-electron chi connectivity index (χ2n) is 7.06. The van der Waals surface area contributed by atoms with Gasteiger partial charge in [0.1, 0.15) is 5.75 Å². The highest BCUT2D eigenvalue weighted by molar-refractivity contribution is 5.80. The molecule has 1 amide bonds. The summed E-state index contributed by atoms with van der Waals surface area (Å²) in [7, 11) is 1.87. The Morgan fingerprint density at radius 3 is 2.58 bits per heavy atom. The Morgan fingerprint density at radius 1 is 1.25 bits per heavy atom. The van der Waals surface area contributed by atoms with Gasteiger partial charge in [0.2, 0.25) is 0 Å². The Balaban J connectivity index is 1.86. The van der Waals surface area contributed by atoms with Gasteiger partial charge in [-0.2, -0.15) is 0 Å². The molecule has 1 fully saturated rings. The van der Waals surface area contributed by atoms with Crippen LogP contribution in [0.25, 0.3) is 0 Å². The Kier molecular flexibility index (Phi) is 7.10. The molecule has 1 aliphatic heterocycles. The molecule has 4 heteroatoms. The van der Waals surface area contributed by atoms with E-state index in [1.54, 1.807) is 4.90 Å². The van der Waals surface area contributed by atoms with E-state index in [1.807, 2.05) is 32.2 Å². The number of hydrogen-bond acceptors (Lipinski definition) is 3. The van der Waals surface area contributed by atoms with Crippen molar-refractivity contribution in [1.29, 1.82) is 0 Å². The molecular weight excluding hydrogens is 302 g/mol. The molecule has 1 heterocycles. The molecule has 1 aromatic carbocycles. The monoisotopic (exact) mass is 333 g/mol. The summed E-state index contributed by atoms with van der Waals surface area (Å²) in [6.07, 6.45) is 2.79. The molecular formula is C20H31NO3. The number of para-hydroxylation sites is 1. The van der Waals surface area contributed by atoms with Gasteiger partial charge in [0.05, 0.1) is 0 Å². The summed E-state index contributed by atoms with van der Waals surface area (Å²) in [6.45, 7) is 8.60. The number of rotatable bonds is 7. The van der Waals surface area contributed by atoms with Crippen molar-refractivity contribution in [1.82, 2.24) is 4.90 Å². The van der Waals surface area contributed by atoms with Crippen LogP contribution in [0.4, 0.5) is 0 Å². The molecule has 0 aromatic heterocycles. The predicted octanol–water partition coefficient (Wildman–Crippen LogP) is 3.85. The molecule has 1 saturated heterocycles. The van der Waals surface area contributed by atoms with Crippen molar-refractivity contribution in [2.24, 2.45) is 5.92 Å². The van der Waals surface area contributed by atoms with E-state index >= 15 is 0 Å². The normalized spacial score (nSPS) is 16.9. The first kappa shape index (κ1) is 18.8. The Morgan fingerprint density at radius 2 is 1.92 bits per heavy atom. The van der Waals surface area contributed by atoms with Crippen molar-refractivity contribution in [3.05, 3.63) is 29.8 Å². The lowest BCUT2D eigenvalue weighted by molar-refractivity contribution is -0.136. The van der Waals surface area contributed by atoms with E-state index < -0.39 is 6.10 Å². The highest BCUT2D eigenvalue weighted by Crippen LogP contribution is 2.27. The van der Waals surface area contributed by atoms with Crippen LogP contribution in [0.15, 0.2) is 24.3 Å². The number of carbonyl (C=O) groups is 1. The lowest BCUT2D eigenvalue weighted by atomic mass is 9.96. The molecule has 0 bridgehead atoms. The Labute approximate surface area is 146 Å². The maximum absolute atomic E-state index is 12.6. The zero-order valence-corrected chi connectivity index (χ0v) is 15.5. The minimum Gasteiger partial charge on any atom is -0.481 e. The van der Waals surface area contributed by atoms with Crippen LogP contribution in [-0.2, 0) is 9.53 Å². The maximum atomic E-state index is 12.6. The Hall–Kier alpha value is -1.55. The maximum Gasteiger partial charge on any atom is 0.263 e. The number of hydrogen-bond donors (Lipinski definition) is 0. The van der Waals surface area contributed by atoms with E-state index in [2.05, 4.69) is 19.9 Å². The molecule has 0 saturated carbocycles. The van der Waals surface area contributed by atoms with E-state index in [0.717, 1.165) is 50.3 Å². The van der Waals surface area contributed by atoms with Gasteiger partial charge < -0.3 is 14.4 Å². The smallest absolute Gasteiger partial charge is 0.263 e. The van der Waals surface area contributed by atoms with Gasteiger partial charge in [-0.25, -0.2) is 0 Å². The number of nitrogens with zero attached hydrogens (tertiary/aromatic N) is 1.